The van der Waals surface area contributed by atoms with Gasteiger partial charge >= 0.3 is 12.1 Å². The molecule has 1 atom stereocenters. The summed E-state index contributed by atoms with van der Waals surface area (Å²) in [5, 5.41) is 0. The summed E-state index contributed by atoms with van der Waals surface area (Å²) in [4.78, 5) is 30.3. The molecule has 30 heavy (non-hydrogen) atoms. The van der Waals surface area contributed by atoms with E-state index in [9.17, 15) is 22.8 Å². The van der Waals surface area contributed by atoms with Crippen molar-refractivity contribution in [3.63, 3.8) is 0 Å². The van der Waals surface area contributed by atoms with Crippen LogP contribution in [0.5, 0.6) is 0 Å². The number of nitrogens with zero attached hydrogens (tertiary/aromatic N) is 2. The zero-order valence-corrected chi connectivity index (χ0v) is 16.6. The van der Waals surface area contributed by atoms with Gasteiger partial charge < -0.3 is 9.64 Å². The second-order valence-electron chi connectivity index (χ2n) is 7.41. The van der Waals surface area contributed by atoms with E-state index in [1.54, 1.807) is 0 Å². The normalized spacial score (nSPS) is 16.7. The SMILES string of the molecule is Cc1cccc(CCCOC(=O)C2CC(=O)N(Cc3cccc(C(F)(F)F)c3)C2)n1. The van der Waals surface area contributed by atoms with Gasteiger partial charge in [-0.3, -0.25) is 14.6 Å². The fourth-order valence-corrected chi connectivity index (χ4v) is 3.43. The zero-order valence-electron chi connectivity index (χ0n) is 16.6. The first-order valence-electron chi connectivity index (χ1n) is 9.75. The molecule has 0 bridgehead atoms. The number of aromatic nitrogens is 1. The van der Waals surface area contributed by atoms with Crippen molar-refractivity contribution >= 4 is 11.9 Å². The number of hydrogen-bond acceptors (Lipinski definition) is 4. The Morgan fingerprint density at radius 1 is 1.23 bits per heavy atom. The van der Waals surface area contributed by atoms with E-state index < -0.39 is 23.6 Å². The third kappa shape index (κ3) is 5.81. The van der Waals surface area contributed by atoms with Crippen LogP contribution < -0.4 is 0 Å². The lowest BCUT2D eigenvalue weighted by molar-refractivity contribution is -0.148. The van der Waals surface area contributed by atoms with Crippen molar-refractivity contribution in [3.8, 4) is 0 Å². The maximum absolute atomic E-state index is 12.9. The third-order valence-electron chi connectivity index (χ3n) is 4.94. The number of alkyl halides is 3. The molecule has 8 heteroatoms. The molecule has 1 saturated heterocycles. The quantitative estimate of drug-likeness (QED) is 0.503. The fourth-order valence-electron chi connectivity index (χ4n) is 3.43. The van der Waals surface area contributed by atoms with E-state index in [4.69, 9.17) is 4.74 Å². The van der Waals surface area contributed by atoms with Crippen LogP contribution >= 0.6 is 0 Å². The van der Waals surface area contributed by atoms with Gasteiger partial charge in [0.2, 0.25) is 5.91 Å². The third-order valence-corrected chi connectivity index (χ3v) is 4.94. The Bertz CT molecular complexity index is 914. The lowest BCUT2D eigenvalue weighted by Gasteiger charge is -2.17. The standard InChI is InChI=1S/C22H23F3N2O3/c1-15-5-2-8-19(26-15)9-4-10-30-21(29)17-12-20(28)27(14-17)13-16-6-3-7-18(11-16)22(23,24)25/h2-3,5-8,11,17H,4,9-10,12-14H2,1H3. The smallest absolute Gasteiger partial charge is 0.416 e. The van der Waals surface area contributed by atoms with Crippen LogP contribution in [0.25, 0.3) is 0 Å². The molecule has 2 heterocycles. The van der Waals surface area contributed by atoms with Gasteiger partial charge in [-0.25, -0.2) is 0 Å². The number of halogens is 3. The number of rotatable bonds is 7. The molecular weight excluding hydrogens is 397 g/mol. The second-order valence-corrected chi connectivity index (χ2v) is 7.41. The number of benzene rings is 1. The molecule has 0 saturated carbocycles. The average Bonchev–Trinajstić information content (AvgIpc) is 3.05. The number of carbonyl (C=O) groups excluding carboxylic acids is 2. The minimum absolute atomic E-state index is 0.0111. The molecule has 0 spiro atoms. The van der Waals surface area contributed by atoms with Crippen LogP contribution in [0.4, 0.5) is 13.2 Å². The topological polar surface area (TPSA) is 59.5 Å². The highest BCUT2D eigenvalue weighted by Crippen LogP contribution is 2.30. The van der Waals surface area contributed by atoms with Crippen molar-refractivity contribution in [2.45, 2.75) is 38.9 Å². The van der Waals surface area contributed by atoms with Gasteiger partial charge in [-0.05, 0) is 49.6 Å². The van der Waals surface area contributed by atoms with Crippen molar-refractivity contribution in [2.24, 2.45) is 5.92 Å². The lowest BCUT2D eigenvalue weighted by atomic mass is 10.1. The Labute approximate surface area is 172 Å². The maximum Gasteiger partial charge on any atom is 0.416 e. The minimum Gasteiger partial charge on any atom is -0.465 e. The molecule has 0 N–H and O–H groups in total. The molecule has 0 aliphatic carbocycles. The van der Waals surface area contributed by atoms with E-state index >= 15 is 0 Å². The lowest BCUT2D eigenvalue weighted by Crippen LogP contribution is -2.26. The van der Waals surface area contributed by atoms with E-state index in [-0.39, 0.29) is 32.0 Å². The molecule has 1 fully saturated rings. The highest BCUT2D eigenvalue weighted by atomic mass is 19.4. The molecule has 1 amide bonds. The van der Waals surface area contributed by atoms with Gasteiger partial charge in [-0.2, -0.15) is 13.2 Å². The number of likely N-dealkylation sites (tertiary alicyclic amines) is 1. The first kappa shape index (κ1) is 21.8. The van der Waals surface area contributed by atoms with Gasteiger partial charge in [0.25, 0.3) is 0 Å². The Morgan fingerprint density at radius 3 is 2.73 bits per heavy atom. The van der Waals surface area contributed by atoms with E-state index in [0.29, 0.717) is 18.4 Å². The number of pyridine rings is 1. The molecule has 0 radical (unpaired) electrons. The highest BCUT2D eigenvalue weighted by molar-refractivity contribution is 5.86. The van der Waals surface area contributed by atoms with Crippen LogP contribution in [0.2, 0.25) is 0 Å². The molecule has 1 unspecified atom stereocenters. The van der Waals surface area contributed by atoms with Crippen molar-refractivity contribution < 1.29 is 27.5 Å². The molecule has 1 aromatic carbocycles. The number of carbonyl (C=O) groups is 2. The van der Waals surface area contributed by atoms with Gasteiger partial charge in [-0.15, -0.1) is 0 Å². The number of hydrogen-bond donors (Lipinski definition) is 0. The number of esters is 1. The van der Waals surface area contributed by atoms with Crippen LogP contribution in [-0.2, 0) is 33.5 Å². The summed E-state index contributed by atoms with van der Waals surface area (Å²) in [6.07, 6.45) is -3.13. The van der Waals surface area contributed by atoms with Crippen LogP contribution in [0.15, 0.2) is 42.5 Å². The Kier molecular flexibility index (Phi) is 6.74. The molecule has 2 aromatic rings. The molecule has 5 nitrogen and oxygen atoms in total. The Hall–Kier alpha value is -2.90. The predicted octanol–water partition coefficient (Wildman–Crippen LogP) is 3.93. The predicted molar refractivity (Wildman–Crippen MR) is 103 cm³/mol. The van der Waals surface area contributed by atoms with Crippen molar-refractivity contribution in [3.05, 3.63) is 65.0 Å². The fraction of sp³-hybridized carbons (Fsp3) is 0.409. The summed E-state index contributed by atoms with van der Waals surface area (Å²) in [7, 11) is 0. The summed E-state index contributed by atoms with van der Waals surface area (Å²) in [6, 6.07) is 10.6. The summed E-state index contributed by atoms with van der Waals surface area (Å²) in [6.45, 7) is 2.32. The van der Waals surface area contributed by atoms with Gasteiger partial charge in [0.15, 0.2) is 0 Å². The van der Waals surface area contributed by atoms with Gasteiger partial charge in [-0.1, -0.05) is 18.2 Å². The first-order chi connectivity index (χ1) is 14.2. The molecular formula is C22H23F3N2O3. The Balaban J connectivity index is 1.47. The molecule has 3 rings (SSSR count). The van der Waals surface area contributed by atoms with Gasteiger partial charge in [0.1, 0.15) is 0 Å². The monoisotopic (exact) mass is 420 g/mol. The largest absolute Gasteiger partial charge is 0.465 e. The second kappa shape index (κ2) is 9.28. The zero-order chi connectivity index (χ0) is 21.7. The van der Waals surface area contributed by atoms with E-state index in [2.05, 4.69) is 4.98 Å². The molecule has 1 aliphatic rings. The summed E-state index contributed by atoms with van der Waals surface area (Å²) in [5.74, 6) is -1.31. The molecule has 1 aromatic heterocycles. The van der Waals surface area contributed by atoms with E-state index in [0.717, 1.165) is 23.5 Å². The number of amides is 1. The Morgan fingerprint density at radius 2 is 2.00 bits per heavy atom. The summed E-state index contributed by atoms with van der Waals surface area (Å²) < 4.78 is 43.9. The average molecular weight is 420 g/mol. The maximum atomic E-state index is 12.9. The van der Waals surface area contributed by atoms with Crippen molar-refractivity contribution in [1.29, 1.82) is 0 Å². The van der Waals surface area contributed by atoms with Crippen LogP contribution in [0, 0.1) is 12.8 Å². The van der Waals surface area contributed by atoms with E-state index in [1.807, 2.05) is 25.1 Å². The van der Waals surface area contributed by atoms with Crippen LogP contribution in [0.1, 0.15) is 35.4 Å². The van der Waals surface area contributed by atoms with Gasteiger partial charge in [0.05, 0.1) is 18.1 Å². The van der Waals surface area contributed by atoms with Crippen molar-refractivity contribution in [2.75, 3.05) is 13.2 Å². The minimum atomic E-state index is -4.44. The van der Waals surface area contributed by atoms with Gasteiger partial charge in [0, 0.05) is 30.9 Å². The van der Waals surface area contributed by atoms with Crippen molar-refractivity contribution in [1.82, 2.24) is 9.88 Å². The number of ether oxygens (including phenoxy) is 1. The highest BCUT2D eigenvalue weighted by Gasteiger charge is 2.36. The van der Waals surface area contributed by atoms with Crippen LogP contribution in [0.3, 0.4) is 0 Å². The molecule has 160 valence electrons. The summed E-state index contributed by atoms with van der Waals surface area (Å²) in [5.41, 5.74) is 1.47. The summed E-state index contributed by atoms with van der Waals surface area (Å²) >= 11 is 0. The van der Waals surface area contributed by atoms with E-state index in [1.165, 1.54) is 17.0 Å². The number of aryl methyl sites for hydroxylation is 2. The molecule has 1 aliphatic heterocycles. The first-order valence-corrected chi connectivity index (χ1v) is 9.75. The van der Waals surface area contributed by atoms with Crippen LogP contribution in [-0.4, -0.2) is 34.9 Å².